The van der Waals surface area contributed by atoms with E-state index in [2.05, 4.69) is 51.3 Å². The molecule has 2 bridgehead atoms. The third-order valence-electron chi connectivity index (χ3n) is 4.66. The molecule has 94 valence electrons. The van der Waals surface area contributed by atoms with Gasteiger partial charge in [-0.15, -0.1) is 0 Å². The molecule has 2 aromatic heterocycles. The molecule has 2 unspecified atom stereocenters. The minimum absolute atomic E-state index is 0.557. The van der Waals surface area contributed by atoms with Gasteiger partial charge in [0, 0.05) is 22.6 Å². The smallest absolute Gasteiger partial charge is 0.137 e. The Hall–Kier alpha value is -0.870. The Bertz CT molecular complexity index is 646. The van der Waals surface area contributed by atoms with E-state index in [-0.39, 0.29) is 0 Å². The van der Waals surface area contributed by atoms with E-state index in [1.165, 1.54) is 29.9 Å². The average Bonchev–Trinajstić information content (AvgIpc) is 2.82. The first-order valence-electron chi connectivity index (χ1n) is 6.55. The Kier molecular flexibility index (Phi) is 2.19. The van der Waals surface area contributed by atoms with E-state index >= 15 is 0 Å². The van der Waals surface area contributed by atoms with E-state index in [9.17, 15) is 0 Å². The van der Waals surface area contributed by atoms with Crippen LogP contribution in [0.5, 0.6) is 0 Å². The molecule has 1 fully saturated rings. The Morgan fingerprint density at radius 2 is 2.17 bits per heavy atom. The lowest BCUT2D eigenvalue weighted by atomic mass is 10.0. The first-order valence-corrected chi connectivity index (χ1v) is 7.34. The topological polar surface area (TPSA) is 20.5 Å². The molecule has 2 aromatic rings. The fourth-order valence-electron chi connectivity index (χ4n) is 3.64. The van der Waals surface area contributed by atoms with Crippen LogP contribution in [0.1, 0.15) is 36.0 Å². The summed E-state index contributed by atoms with van der Waals surface area (Å²) in [5.41, 5.74) is 5.11. The lowest BCUT2D eigenvalue weighted by molar-refractivity contribution is 0.218. The van der Waals surface area contributed by atoms with Crippen LogP contribution in [0.15, 0.2) is 16.6 Å². The zero-order valence-corrected chi connectivity index (χ0v) is 12.2. The number of imidazole rings is 1. The molecule has 2 aliphatic rings. The van der Waals surface area contributed by atoms with Crippen molar-refractivity contribution >= 4 is 21.6 Å². The molecule has 4 rings (SSSR count). The summed E-state index contributed by atoms with van der Waals surface area (Å²) >= 11 is 3.63. The Morgan fingerprint density at radius 1 is 1.33 bits per heavy atom. The van der Waals surface area contributed by atoms with Crippen LogP contribution in [0, 0.1) is 6.92 Å². The number of hydrogen-bond donors (Lipinski definition) is 0. The molecular formula is C14H16BrN3. The predicted octanol–water partition coefficient (Wildman–Crippen LogP) is 3.10. The number of hydrogen-bond acceptors (Lipinski definition) is 2. The van der Waals surface area contributed by atoms with Gasteiger partial charge in [-0.1, -0.05) is 0 Å². The number of halogens is 1. The molecule has 4 heteroatoms. The summed E-state index contributed by atoms with van der Waals surface area (Å²) in [7, 11) is 2.26. The second-order valence-electron chi connectivity index (χ2n) is 5.52. The lowest BCUT2D eigenvalue weighted by Crippen LogP contribution is -2.34. The Labute approximate surface area is 115 Å². The zero-order valence-electron chi connectivity index (χ0n) is 10.7. The second-order valence-corrected chi connectivity index (χ2v) is 6.37. The summed E-state index contributed by atoms with van der Waals surface area (Å²) in [6.45, 7) is 2.17. The van der Waals surface area contributed by atoms with E-state index in [1.54, 1.807) is 0 Å². The van der Waals surface area contributed by atoms with Gasteiger partial charge in [0.15, 0.2) is 0 Å². The summed E-state index contributed by atoms with van der Waals surface area (Å²) in [6.07, 6.45) is 3.70. The monoisotopic (exact) mass is 305 g/mol. The highest BCUT2D eigenvalue weighted by Gasteiger charge is 2.40. The van der Waals surface area contributed by atoms with Gasteiger partial charge in [-0.3, -0.25) is 9.30 Å². The summed E-state index contributed by atoms with van der Waals surface area (Å²) < 4.78 is 3.51. The van der Waals surface area contributed by atoms with Gasteiger partial charge in [-0.2, -0.15) is 0 Å². The van der Waals surface area contributed by atoms with Crippen LogP contribution in [0.4, 0.5) is 0 Å². The van der Waals surface area contributed by atoms with Crippen molar-refractivity contribution in [1.29, 1.82) is 0 Å². The zero-order chi connectivity index (χ0) is 12.4. The van der Waals surface area contributed by atoms with E-state index in [0.717, 1.165) is 16.5 Å². The molecular weight excluding hydrogens is 290 g/mol. The summed E-state index contributed by atoms with van der Waals surface area (Å²) in [5.74, 6) is 0. The molecule has 0 saturated carbocycles. The highest BCUT2D eigenvalue weighted by Crippen LogP contribution is 2.43. The molecule has 0 amide bonds. The van der Waals surface area contributed by atoms with Crippen molar-refractivity contribution in [1.82, 2.24) is 14.3 Å². The van der Waals surface area contributed by atoms with Gasteiger partial charge in [0.25, 0.3) is 0 Å². The van der Waals surface area contributed by atoms with Gasteiger partial charge in [0.2, 0.25) is 0 Å². The van der Waals surface area contributed by atoms with Gasteiger partial charge in [0.1, 0.15) is 5.65 Å². The fourth-order valence-corrected chi connectivity index (χ4v) is 3.95. The normalized spacial score (nSPS) is 26.8. The number of likely N-dealkylation sites (N-methyl/N-ethyl adjacent to an activating group) is 1. The van der Waals surface area contributed by atoms with Gasteiger partial charge in [0.05, 0.1) is 17.4 Å². The average molecular weight is 306 g/mol. The van der Waals surface area contributed by atoms with Gasteiger partial charge in [-0.25, -0.2) is 4.98 Å². The van der Waals surface area contributed by atoms with Crippen LogP contribution in [-0.2, 0) is 6.42 Å². The molecule has 0 aliphatic carbocycles. The van der Waals surface area contributed by atoms with Crippen molar-refractivity contribution in [2.24, 2.45) is 0 Å². The van der Waals surface area contributed by atoms with Crippen LogP contribution in [0.2, 0.25) is 0 Å². The molecule has 18 heavy (non-hydrogen) atoms. The van der Waals surface area contributed by atoms with Crippen molar-refractivity contribution in [2.75, 3.05) is 7.05 Å². The molecule has 2 aliphatic heterocycles. The van der Waals surface area contributed by atoms with Gasteiger partial charge >= 0.3 is 0 Å². The second kappa shape index (κ2) is 3.58. The molecule has 4 heterocycles. The highest BCUT2D eigenvalue weighted by molar-refractivity contribution is 9.10. The minimum atomic E-state index is 0.557. The van der Waals surface area contributed by atoms with Crippen molar-refractivity contribution < 1.29 is 0 Å². The number of nitrogens with zero attached hydrogens (tertiary/aromatic N) is 3. The third kappa shape index (κ3) is 1.25. The Balaban J connectivity index is 2.06. The molecule has 1 saturated heterocycles. The van der Waals surface area contributed by atoms with E-state index in [1.807, 2.05) is 0 Å². The largest absolute Gasteiger partial charge is 0.298 e. The first kappa shape index (κ1) is 11.0. The fraction of sp³-hybridized carbons (Fsp3) is 0.500. The molecule has 2 atom stereocenters. The van der Waals surface area contributed by atoms with E-state index < -0.39 is 0 Å². The van der Waals surface area contributed by atoms with Crippen molar-refractivity contribution in [3.05, 3.63) is 33.7 Å². The van der Waals surface area contributed by atoms with E-state index in [0.29, 0.717) is 12.1 Å². The van der Waals surface area contributed by atoms with Crippen molar-refractivity contribution in [3.8, 4) is 0 Å². The van der Waals surface area contributed by atoms with Crippen LogP contribution in [-0.4, -0.2) is 27.4 Å². The molecule has 0 N–H and O–H groups in total. The molecule has 3 nitrogen and oxygen atoms in total. The molecule has 0 radical (unpaired) electrons. The Morgan fingerprint density at radius 3 is 3.00 bits per heavy atom. The summed E-state index contributed by atoms with van der Waals surface area (Å²) in [4.78, 5) is 7.38. The molecule has 0 aromatic carbocycles. The standard InChI is InChI=1S/C14H16BrN3/c1-8-10(15)4-6-13-16-11-7-9-3-5-12(17(9)2)14(11)18(8)13/h4,6,9,12H,3,5,7H2,1-2H3. The third-order valence-corrected chi connectivity index (χ3v) is 5.50. The quantitative estimate of drug-likeness (QED) is 0.745. The number of aryl methyl sites for hydroxylation is 1. The number of aromatic nitrogens is 2. The molecule has 0 spiro atoms. The SMILES string of the molecule is Cc1c(Br)ccc2nc3c(n12)C1CCC(C3)N1C. The minimum Gasteiger partial charge on any atom is -0.298 e. The number of fused-ring (bicyclic) bond motifs is 6. The number of pyridine rings is 1. The van der Waals surface area contributed by atoms with Crippen LogP contribution >= 0.6 is 15.9 Å². The predicted molar refractivity (Wildman–Crippen MR) is 74.9 cm³/mol. The van der Waals surface area contributed by atoms with Crippen LogP contribution in [0.25, 0.3) is 5.65 Å². The van der Waals surface area contributed by atoms with Gasteiger partial charge in [-0.05, 0) is 54.9 Å². The van der Waals surface area contributed by atoms with Crippen LogP contribution < -0.4 is 0 Å². The summed E-state index contributed by atoms with van der Waals surface area (Å²) in [5, 5.41) is 0. The summed E-state index contributed by atoms with van der Waals surface area (Å²) in [6, 6.07) is 5.48. The first-order chi connectivity index (χ1) is 8.66. The highest BCUT2D eigenvalue weighted by atomic mass is 79.9. The maximum atomic E-state index is 4.85. The van der Waals surface area contributed by atoms with E-state index in [4.69, 9.17) is 4.98 Å². The van der Waals surface area contributed by atoms with Crippen molar-refractivity contribution in [3.63, 3.8) is 0 Å². The lowest BCUT2D eigenvalue weighted by Gasteiger charge is -2.31. The maximum absolute atomic E-state index is 4.85. The van der Waals surface area contributed by atoms with Crippen LogP contribution in [0.3, 0.4) is 0 Å². The number of rotatable bonds is 0. The maximum Gasteiger partial charge on any atom is 0.137 e. The van der Waals surface area contributed by atoms with Gasteiger partial charge < -0.3 is 0 Å². The van der Waals surface area contributed by atoms with Crippen molar-refractivity contribution in [2.45, 2.75) is 38.3 Å².